The molecule has 5 heteroatoms. The van der Waals surface area contributed by atoms with Crippen molar-refractivity contribution in [1.82, 2.24) is 15.3 Å². The number of H-pyrrole nitrogens is 1. The first-order valence-corrected chi connectivity index (χ1v) is 7.97. The van der Waals surface area contributed by atoms with Crippen molar-refractivity contribution in [3.8, 4) is 11.1 Å². The van der Waals surface area contributed by atoms with E-state index < -0.39 is 0 Å². The molecule has 0 aromatic carbocycles. The molecule has 0 saturated carbocycles. The maximum absolute atomic E-state index is 12.3. The zero-order valence-electron chi connectivity index (χ0n) is 13.9. The average Bonchev–Trinajstić information content (AvgIpc) is 3.04. The molecular weight excluding hydrogens is 288 g/mol. The number of hydrogen-bond donors (Lipinski definition) is 3. The Morgan fingerprint density at radius 3 is 2.83 bits per heavy atom. The first kappa shape index (κ1) is 16.8. The van der Waals surface area contributed by atoms with Gasteiger partial charge in [-0.05, 0) is 37.5 Å². The van der Waals surface area contributed by atoms with Crippen LogP contribution >= 0.6 is 0 Å². The molecule has 0 fully saturated rings. The molecule has 0 aliphatic rings. The van der Waals surface area contributed by atoms with E-state index in [1.165, 1.54) is 0 Å². The van der Waals surface area contributed by atoms with E-state index in [4.69, 9.17) is 5.73 Å². The minimum Gasteiger partial charge on any atom is -0.383 e. The van der Waals surface area contributed by atoms with E-state index in [1.54, 1.807) is 6.20 Å². The van der Waals surface area contributed by atoms with E-state index in [0.717, 1.165) is 29.5 Å². The van der Waals surface area contributed by atoms with Gasteiger partial charge in [0.05, 0.1) is 0 Å². The van der Waals surface area contributed by atoms with Gasteiger partial charge < -0.3 is 16.0 Å². The fraction of sp³-hybridized carbons (Fsp3) is 0.333. The van der Waals surface area contributed by atoms with Crippen LogP contribution in [0.1, 0.15) is 49.7 Å². The normalized spacial score (nSPS) is 11.3. The van der Waals surface area contributed by atoms with E-state index in [1.807, 2.05) is 37.4 Å². The van der Waals surface area contributed by atoms with Gasteiger partial charge in [0.2, 0.25) is 0 Å². The zero-order valence-corrected chi connectivity index (χ0v) is 13.9. The average molecular weight is 312 g/mol. The van der Waals surface area contributed by atoms with Crippen molar-refractivity contribution in [2.75, 3.05) is 5.73 Å². The van der Waals surface area contributed by atoms with E-state index in [2.05, 4.69) is 29.1 Å². The van der Waals surface area contributed by atoms with Crippen LogP contribution in [0.15, 0.2) is 30.6 Å². The summed E-state index contributed by atoms with van der Waals surface area (Å²) in [6.45, 7) is 6.07. The van der Waals surface area contributed by atoms with Gasteiger partial charge in [0, 0.05) is 29.6 Å². The lowest BCUT2D eigenvalue weighted by Crippen LogP contribution is -2.33. The summed E-state index contributed by atoms with van der Waals surface area (Å²) in [6.07, 6.45) is 9.18. The van der Waals surface area contributed by atoms with Crippen LogP contribution in [-0.2, 0) is 0 Å². The van der Waals surface area contributed by atoms with Crippen LogP contribution in [0.25, 0.3) is 17.2 Å². The van der Waals surface area contributed by atoms with Crippen molar-refractivity contribution >= 4 is 17.8 Å². The van der Waals surface area contributed by atoms with Crippen LogP contribution in [-0.4, -0.2) is 21.9 Å². The molecule has 0 spiro atoms. The van der Waals surface area contributed by atoms with Crippen LogP contribution in [0.5, 0.6) is 0 Å². The number of nitrogens with zero attached hydrogens (tertiary/aromatic N) is 1. The summed E-state index contributed by atoms with van der Waals surface area (Å²) in [7, 11) is 0. The second-order valence-corrected chi connectivity index (χ2v) is 5.45. The number of hydrogen-bond acceptors (Lipinski definition) is 3. The Kier molecular flexibility index (Phi) is 5.57. The molecule has 0 bridgehead atoms. The minimum atomic E-state index is -0.0837. The molecule has 1 amide bonds. The number of nitrogens with one attached hydrogen (secondary N) is 2. The molecule has 5 nitrogen and oxygen atoms in total. The summed E-state index contributed by atoms with van der Waals surface area (Å²) >= 11 is 0. The van der Waals surface area contributed by atoms with E-state index >= 15 is 0 Å². The molecule has 23 heavy (non-hydrogen) atoms. The van der Waals surface area contributed by atoms with Crippen LogP contribution in [0.4, 0.5) is 5.82 Å². The summed E-state index contributed by atoms with van der Waals surface area (Å²) < 4.78 is 0. The molecule has 2 rings (SSSR count). The van der Waals surface area contributed by atoms with Crippen molar-refractivity contribution < 1.29 is 4.79 Å². The maximum Gasteiger partial charge on any atom is 0.267 e. The third-order valence-electron chi connectivity index (χ3n) is 3.91. The predicted octanol–water partition coefficient (Wildman–Crippen LogP) is 3.61. The van der Waals surface area contributed by atoms with Crippen molar-refractivity contribution in [3.05, 3.63) is 41.9 Å². The second-order valence-electron chi connectivity index (χ2n) is 5.45. The van der Waals surface area contributed by atoms with Crippen LogP contribution < -0.4 is 11.1 Å². The van der Waals surface area contributed by atoms with Crippen molar-refractivity contribution in [2.24, 2.45) is 0 Å². The maximum atomic E-state index is 12.3. The smallest absolute Gasteiger partial charge is 0.267 e. The number of rotatable bonds is 6. The van der Waals surface area contributed by atoms with E-state index in [9.17, 15) is 4.79 Å². The second kappa shape index (κ2) is 7.63. The van der Waals surface area contributed by atoms with Gasteiger partial charge in [-0.2, -0.15) is 0 Å². The van der Waals surface area contributed by atoms with Gasteiger partial charge in [-0.15, -0.1) is 0 Å². The third-order valence-corrected chi connectivity index (χ3v) is 3.91. The largest absolute Gasteiger partial charge is 0.383 e. The Balaban J connectivity index is 2.30. The van der Waals surface area contributed by atoms with Crippen LogP contribution in [0, 0.1) is 0 Å². The molecule has 0 aliphatic heterocycles. The van der Waals surface area contributed by atoms with Crippen LogP contribution in [0.2, 0.25) is 0 Å². The van der Waals surface area contributed by atoms with E-state index in [-0.39, 0.29) is 11.9 Å². The number of aromatic nitrogens is 2. The van der Waals surface area contributed by atoms with Crippen LogP contribution in [0.3, 0.4) is 0 Å². The lowest BCUT2D eigenvalue weighted by atomic mass is 10.0. The number of nitrogens with two attached hydrogens (primary N) is 1. The van der Waals surface area contributed by atoms with Crippen molar-refractivity contribution in [2.45, 2.75) is 39.7 Å². The Morgan fingerprint density at radius 1 is 1.43 bits per heavy atom. The summed E-state index contributed by atoms with van der Waals surface area (Å²) in [4.78, 5) is 19.5. The predicted molar refractivity (Wildman–Crippen MR) is 95.0 cm³/mol. The molecule has 2 aromatic rings. The Labute approximate surface area is 137 Å². The van der Waals surface area contributed by atoms with Gasteiger partial charge in [-0.1, -0.05) is 26.0 Å². The Hall–Kier alpha value is -2.56. The fourth-order valence-corrected chi connectivity index (χ4v) is 2.52. The first-order chi connectivity index (χ1) is 11.1. The van der Waals surface area contributed by atoms with Gasteiger partial charge in [-0.25, -0.2) is 4.98 Å². The number of nitrogen functional groups attached to an aromatic ring is 1. The molecule has 2 heterocycles. The Morgan fingerprint density at radius 2 is 2.17 bits per heavy atom. The van der Waals surface area contributed by atoms with Gasteiger partial charge in [0.15, 0.2) is 0 Å². The molecule has 0 atom stereocenters. The fourth-order valence-electron chi connectivity index (χ4n) is 2.52. The van der Waals surface area contributed by atoms with Gasteiger partial charge in [-0.3, -0.25) is 4.79 Å². The molecule has 0 saturated heterocycles. The SMILES string of the molecule is CC=Cc1c(-c2c[nH]c(C(=O)NC(CC)CC)c2)ccnc1N. The molecule has 2 aromatic heterocycles. The van der Waals surface area contributed by atoms with Gasteiger partial charge in [0.25, 0.3) is 5.91 Å². The number of carbonyl (C=O) groups is 1. The molecule has 4 N–H and O–H groups in total. The molecule has 0 radical (unpaired) electrons. The lowest BCUT2D eigenvalue weighted by Gasteiger charge is -2.13. The van der Waals surface area contributed by atoms with Crippen molar-refractivity contribution in [1.29, 1.82) is 0 Å². The quantitative estimate of drug-likeness (QED) is 0.762. The Bertz CT molecular complexity index is 699. The van der Waals surface area contributed by atoms with Gasteiger partial charge in [0.1, 0.15) is 11.5 Å². The summed E-state index contributed by atoms with van der Waals surface area (Å²) in [5.41, 5.74) is 9.24. The zero-order chi connectivity index (χ0) is 16.8. The molecule has 0 unspecified atom stereocenters. The standard InChI is InChI=1S/C18H24N4O/c1-4-7-15-14(8-9-20-17(15)19)12-10-16(21-11-12)18(23)22-13(5-2)6-3/h4,7-11,13,21H,5-6H2,1-3H3,(H2,19,20)(H,22,23). The minimum absolute atomic E-state index is 0.0837. The first-order valence-electron chi connectivity index (χ1n) is 7.97. The summed E-state index contributed by atoms with van der Waals surface area (Å²) in [5, 5.41) is 3.03. The highest BCUT2D eigenvalue weighted by molar-refractivity contribution is 5.94. The number of allylic oxidation sites excluding steroid dienone is 1. The number of pyridine rings is 1. The highest BCUT2D eigenvalue weighted by Gasteiger charge is 2.14. The molecular formula is C18H24N4O. The number of carbonyl (C=O) groups excluding carboxylic acids is 1. The number of aromatic amines is 1. The molecule has 0 aliphatic carbocycles. The van der Waals surface area contributed by atoms with Crippen molar-refractivity contribution in [3.63, 3.8) is 0 Å². The summed E-state index contributed by atoms with van der Waals surface area (Å²) in [5.74, 6) is 0.393. The molecule has 122 valence electrons. The van der Waals surface area contributed by atoms with E-state index in [0.29, 0.717) is 11.5 Å². The topological polar surface area (TPSA) is 83.8 Å². The van der Waals surface area contributed by atoms with Gasteiger partial charge >= 0.3 is 0 Å². The monoisotopic (exact) mass is 312 g/mol. The third kappa shape index (κ3) is 3.80. The highest BCUT2D eigenvalue weighted by Crippen LogP contribution is 2.28. The lowest BCUT2D eigenvalue weighted by molar-refractivity contribution is 0.0930. The number of amides is 1. The number of anilines is 1. The summed E-state index contributed by atoms with van der Waals surface area (Å²) in [6, 6.07) is 3.95. The highest BCUT2D eigenvalue weighted by atomic mass is 16.1.